The van der Waals surface area contributed by atoms with Gasteiger partial charge < -0.3 is 13.6 Å². The summed E-state index contributed by atoms with van der Waals surface area (Å²) in [6.45, 7) is 1.89. The van der Waals surface area contributed by atoms with Crippen molar-refractivity contribution in [1.29, 1.82) is 0 Å². The predicted octanol–water partition coefficient (Wildman–Crippen LogP) is 6.09. The Morgan fingerprint density at radius 2 is 1.94 bits per heavy atom. The summed E-state index contributed by atoms with van der Waals surface area (Å²) < 4.78 is 16.6. The number of fused-ring (bicyclic) bond motifs is 3. The van der Waals surface area contributed by atoms with E-state index in [0.29, 0.717) is 23.1 Å². The number of benzene rings is 2. The number of pyridine rings is 1. The number of rotatable bonds is 4. The zero-order valence-corrected chi connectivity index (χ0v) is 19.0. The van der Waals surface area contributed by atoms with Gasteiger partial charge in [0.05, 0.1) is 23.0 Å². The van der Waals surface area contributed by atoms with Crippen molar-refractivity contribution in [1.82, 2.24) is 4.98 Å². The fraction of sp³-hybridized carbons (Fsp3) is 0.138. The summed E-state index contributed by atoms with van der Waals surface area (Å²) >= 11 is 0. The van der Waals surface area contributed by atoms with Crippen LogP contribution in [0.5, 0.6) is 0 Å². The van der Waals surface area contributed by atoms with Crippen molar-refractivity contribution in [2.75, 3.05) is 0 Å². The topological polar surface area (TPSA) is 82.5 Å². The minimum absolute atomic E-state index is 0.0372. The van der Waals surface area contributed by atoms with E-state index in [4.69, 9.17) is 18.6 Å². The first-order chi connectivity index (χ1) is 17.1. The molecule has 3 aromatic heterocycles. The van der Waals surface area contributed by atoms with Crippen molar-refractivity contribution >= 4 is 39.5 Å². The molecule has 0 atom stereocenters. The van der Waals surface area contributed by atoms with Crippen LogP contribution in [0.15, 0.2) is 80.6 Å². The molecule has 0 spiro atoms. The molecule has 5 aromatic rings. The first-order valence-corrected chi connectivity index (χ1v) is 11.4. The average molecular weight is 463 g/mol. The number of ether oxygens (including phenoxy) is 1. The molecule has 6 heteroatoms. The molecule has 0 bridgehead atoms. The van der Waals surface area contributed by atoms with E-state index >= 15 is 0 Å². The highest BCUT2D eigenvalue weighted by atomic mass is 16.5. The van der Waals surface area contributed by atoms with Gasteiger partial charge in [0.1, 0.15) is 18.0 Å². The molecule has 6 nitrogen and oxygen atoms in total. The Labute approximate surface area is 200 Å². The van der Waals surface area contributed by atoms with Crippen molar-refractivity contribution < 1.29 is 18.4 Å². The van der Waals surface area contributed by atoms with Crippen molar-refractivity contribution in [3.8, 4) is 0 Å². The maximum absolute atomic E-state index is 13.5. The van der Waals surface area contributed by atoms with Crippen LogP contribution >= 0.6 is 0 Å². The number of esters is 1. The van der Waals surface area contributed by atoms with E-state index in [0.717, 1.165) is 50.9 Å². The second kappa shape index (κ2) is 8.40. The average Bonchev–Trinajstić information content (AvgIpc) is 3.51. The molecule has 0 aliphatic heterocycles. The Morgan fingerprint density at radius 1 is 1.06 bits per heavy atom. The lowest BCUT2D eigenvalue weighted by Gasteiger charge is -2.13. The zero-order valence-electron chi connectivity index (χ0n) is 19.0. The molecule has 1 aliphatic carbocycles. The van der Waals surface area contributed by atoms with Gasteiger partial charge in [-0.2, -0.15) is 0 Å². The molecule has 6 rings (SSSR count). The van der Waals surface area contributed by atoms with Crippen molar-refractivity contribution in [2.24, 2.45) is 0 Å². The number of nitrogens with zero attached hydrogens (tertiary/aromatic N) is 1. The molecule has 172 valence electrons. The number of hydrogen-bond donors (Lipinski definition) is 0. The quantitative estimate of drug-likeness (QED) is 0.237. The smallest absolute Gasteiger partial charge is 0.339 e. The van der Waals surface area contributed by atoms with E-state index < -0.39 is 11.6 Å². The summed E-state index contributed by atoms with van der Waals surface area (Å²) in [6.07, 6.45) is 5.04. The molecule has 0 fully saturated rings. The lowest BCUT2D eigenvalue weighted by atomic mass is 10.0. The molecule has 0 radical (unpaired) electrons. The molecule has 35 heavy (non-hydrogen) atoms. The Morgan fingerprint density at radius 3 is 2.80 bits per heavy atom. The number of para-hydroxylation sites is 1. The van der Waals surface area contributed by atoms with E-state index in [9.17, 15) is 9.59 Å². The maximum Gasteiger partial charge on any atom is 0.339 e. The first kappa shape index (κ1) is 21.1. The highest BCUT2D eigenvalue weighted by molar-refractivity contribution is 6.07. The Kier molecular flexibility index (Phi) is 5.07. The third-order valence-corrected chi connectivity index (χ3v) is 6.35. The second-order valence-electron chi connectivity index (χ2n) is 8.68. The number of aryl methyl sites for hydroxylation is 1. The minimum Gasteiger partial charge on any atom is -0.465 e. The minimum atomic E-state index is -0.475. The summed E-state index contributed by atoms with van der Waals surface area (Å²) in [5.41, 5.74) is 5.54. The van der Waals surface area contributed by atoms with Crippen LogP contribution in [0.4, 0.5) is 0 Å². The third kappa shape index (κ3) is 3.83. The Bertz CT molecular complexity index is 1690. The summed E-state index contributed by atoms with van der Waals surface area (Å²) in [6, 6.07) is 18.3. The molecule has 0 N–H and O–H groups in total. The van der Waals surface area contributed by atoms with Crippen LogP contribution in [0.3, 0.4) is 0 Å². The molecule has 0 amide bonds. The number of hydrogen-bond acceptors (Lipinski definition) is 6. The fourth-order valence-electron chi connectivity index (χ4n) is 4.73. The SMILES string of the molecule is Cc1ccc2c(COC(=O)c3c4c(nc5ccccc35)C(=Cc3ccco3)CC4)cc(=O)oc2c1. The summed E-state index contributed by atoms with van der Waals surface area (Å²) in [4.78, 5) is 30.5. The molecule has 0 saturated heterocycles. The number of furan rings is 1. The lowest BCUT2D eigenvalue weighted by molar-refractivity contribution is 0.0475. The monoisotopic (exact) mass is 463 g/mol. The molecule has 2 aromatic carbocycles. The van der Waals surface area contributed by atoms with Crippen LogP contribution in [-0.4, -0.2) is 11.0 Å². The summed E-state index contributed by atoms with van der Waals surface area (Å²) in [7, 11) is 0. The molecule has 0 unspecified atom stereocenters. The number of carbonyl (C=O) groups is 1. The number of aromatic nitrogens is 1. The van der Waals surface area contributed by atoms with Crippen LogP contribution in [-0.2, 0) is 17.8 Å². The maximum atomic E-state index is 13.5. The molecule has 1 aliphatic rings. The summed E-state index contributed by atoms with van der Waals surface area (Å²) in [5.74, 6) is 0.310. The van der Waals surface area contributed by atoms with Crippen LogP contribution in [0, 0.1) is 6.92 Å². The van der Waals surface area contributed by atoms with Crippen LogP contribution in [0.2, 0.25) is 0 Å². The summed E-state index contributed by atoms with van der Waals surface area (Å²) in [5, 5.41) is 1.50. The first-order valence-electron chi connectivity index (χ1n) is 11.4. The molecular weight excluding hydrogens is 442 g/mol. The van der Waals surface area contributed by atoms with Gasteiger partial charge in [-0.15, -0.1) is 0 Å². The van der Waals surface area contributed by atoms with Gasteiger partial charge in [0.25, 0.3) is 0 Å². The van der Waals surface area contributed by atoms with Gasteiger partial charge in [-0.3, -0.25) is 0 Å². The fourth-order valence-corrected chi connectivity index (χ4v) is 4.73. The molecule has 0 saturated carbocycles. The van der Waals surface area contributed by atoms with Gasteiger partial charge in [0.2, 0.25) is 0 Å². The van der Waals surface area contributed by atoms with E-state index in [-0.39, 0.29) is 6.61 Å². The van der Waals surface area contributed by atoms with Crippen molar-refractivity contribution in [3.05, 3.63) is 111 Å². The predicted molar refractivity (Wildman–Crippen MR) is 133 cm³/mol. The van der Waals surface area contributed by atoms with E-state index in [1.807, 2.05) is 61.5 Å². The van der Waals surface area contributed by atoms with Crippen LogP contribution in [0.1, 0.15) is 44.9 Å². The number of carbonyl (C=O) groups excluding carboxylic acids is 1. The molecule has 3 heterocycles. The standard InChI is InChI=1S/C29H21NO5/c1-17-8-10-21-19(15-26(31)35-25(21)13-17)16-34-29(32)27-22-6-2-3-7-24(22)30-28-18(9-11-23(27)28)14-20-5-4-12-33-20/h2-8,10,12-15H,9,11,16H2,1H3. The van der Waals surface area contributed by atoms with Crippen molar-refractivity contribution in [3.63, 3.8) is 0 Å². The normalized spacial score (nSPS) is 14.0. The lowest BCUT2D eigenvalue weighted by Crippen LogP contribution is -2.11. The van der Waals surface area contributed by atoms with Crippen molar-refractivity contribution in [2.45, 2.75) is 26.4 Å². The van der Waals surface area contributed by atoms with Crippen LogP contribution in [0.25, 0.3) is 33.5 Å². The van der Waals surface area contributed by atoms with E-state index in [1.54, 1.807) is 12.3 Å². The Hall–Kier alpha value is -4.45. The Balaban J connectivity index is 1.40. The number of allylic oxidation sites excluding steroid dienone is 1. The van der Waals surface area contributed by atoms with Gasteiger partial charge in [-0.05, 0) is 66.8 Å². The van der Waals surface area contributed by atoms with E-state index in [2.05, 4.69) is 0 Å². The highest BCUT2D eigenvalue weighted by Crippen LogP contribution is 2.38. The molecular formula is C29H21NO5. The second-order valence-corrected chi connectivity index (χ2v) is 8.68. The third-order valence-electron chi connectivity index (χ3n) is 6.35. The van der Waals surface area contributed by atoms with Gasteiger partial charge in [0, 0.05) is 22.4 Å². The van der Waals surface area contributed by atoms with Gasteiger partial charge in [-0.1, -0.05) is 30.3 Å². The van der Waals surface area contributed by atoms with Gasteiger partial charge >= 0.3 is 11.6 Å². The van der Waals surface area contributed by atoms with E-state index in [1.165, 1.54) is 6.07 Å². The van der Waals surface area contributed by atoms with Gasteiger partial charge in [0.15, 0.2) is 0 Å². The highest BCUT2D eigenvalue weighted by Gasteiger charge is 2.28. The van der Waals surface area contributed by atoms with Gasteiger partial charge in [-0.25, -0.2) is 14.6 Å². The largest absolute Gasteiger partial charge is 0.465 e. The zero-order chi connectivity index (χ0) is 23.9. The van der Waals surface area contributed by atoms with Crippen LogP contribution < -0.4 is 5.63 Å².